The van der Waals surface area contributed by atoms with Gasteiger partial charge in [0.2, 0.25) is 0 Å². The Kier molecular flexibility index (Phi) is 5.85. The van der Waals surface area contributed by atoms with Crippen molar-refractivity contribution in [3.05, 3.63) is 10.6 Å². The third kappa shape index (κ3) is 3.53. The van der Waals surface area contributed by atoms with Crippen LogP contribution in [0.25, 0.3) is 0 Å². The van der Waals surface area contributed by atoms with Gasteiger partial charge in [0.25, 0.3) is 0 Å². The molecule has 1 aromatic heterocycles. The first-order valence-electron chi connectivity index (χ1n) is 8.14. The lowest BCUT2D eigenvalue weighted by Crippen LogP contribution is -2.24. The number of rotatable bonds is 5. The Morgan fingerprint density at radius 3 is 2.80 bits per heavy atom. The molecule has 1 saturated heterocycles. The maximum Gasteiger partial charge on any atom is 0.185 e. The molecule has 0 aromatic carbocycles. The first-order valence-corrected chi connectivity index (χ1v) is 8.95. The standard InChI is InChI=1S/C16H29N3S/c1-4-12(3)15-14(11-17)20-16(18-15)19-9-6-7-13(5-2)8-10-19/h12-13H,4-11,17H2,1-3H3. The summed E-state index contributed by atoms with van der Waals surface area (Å²) in [5.41, 5.74) is 7.15. The number of anilines is 1. The van der Waals surface area contributed by atoms with Gasteiger partial charge in [-0.1, -0.05) is 27.2 Å². The van der Waals surface area contributed by atoms with Crippen LogP contribution in [0.4, 0.5) is 5.13 Å². The molecule has 0 saturated carbocycles. The van der Waals surface area contributed by atoms with Gasteiger partial charge < -0.3 is 10.6 Å². The van der Waals surface area contributed by atoms with E-state index in [0.717, 1.165) is 25.4 Å². The minimum absolute atomic E-state index is 0.522. The zero-order valence-electron chi connectivity index (χ0n) is 13.2. The van der Waals surface area contributed by atoms with Crippen molar-refractivity contribution in [1.82, 2.24) is 4.98 Å². The summed E-state index contributed by atoms with van der Waals surface area (Å²) in [4.78, 5) is 8.71. The molecular formula is C16H29N3S. The highest BCUT2D eigenvalue weighted by Gasteiger charge is 2.21. The highest BCUT2D eigenvalue weighted by atomic mass is 32.1. The minimum Gasteiger partial charge on any atom is -0.348 e. The summed E-state index contributed by atoms with van der Waals surface area (Å²) in [6.45, 7) is 9.75. The van der Waals surface area contributed by atoms with Crippen molar-refractivity contribution in [2.75, 3.05) is 18.0 Å². The third-order valence-corrected chi connectivity index (χ3v) is 5.83. The van der Waals surface area contributed by atoms with Gasteiger partial charge >= 0.3 is 0 Å². The SMILES string of the molecule is CCC1CCCN(c2nc(C(C)CC)c(CN)s2)CC1. The number of nitrogens with two attached hydrogens (primary N) is 1. The third-order valence-electron chi connectivity index (χ3n) is 4.68. The smallest absolute Gasteiger partial charge is 0.185 e. The van der Waals surface area contributed by atoms with Crippen LogP contribution in [0.1, 0.15) is 69.4 Å². The topological polar surface area (TPSA) is 42.2 Å². The Morgan fingerprint density at radius 2 is 2.15 bits per heavy atom. The monoisotopic (exact) mass is 295 g/mol. The van der Waals surface area contributed by atoms with Crippen LogP contribution in [0.2, 0.25) is 0 Å². The van der Waals surface area contributed by atoms with Crippen LogP contribution in [-0.2, 0) is 6.54 Å². The van der Waals surface area contributed by atoms with E-state index in [-0.39, 0.29) is 0 Å². The maximum atomic E-state index is 5.91. The quantitative estimate of drug-likeness (QED) is 0.888. The van der Waals surface area contributed by atoms with Gasteiger partial charge in [0, 0.05) is 24.5 Å². The van der Waals surface area contributed by atoms with Crippen LogP contribution in [0.5, 0.6) is 0 Å². The van der Waals surface area contributed by atoms with E-state index in [0.29, 0.717) is 12.5 Å². The van der Waals surface area contributed by atoms with Crippen molar-refractivity contribution < 1.29 is 0 Å². The Labute approximate surface area is 127 Å². The van der Waals surface area contributed by atoms with E-state index < -0.39 is 0 Å². The second kappa shape index (κ2) is 7.41. The number of nitrogens with zero attached hydrogens (tertiary/aromatic N) is 2. The lowest BCUT2D eigenvalue weighted by Gasteiger charge is -2.19. The molecule has 1 aromatic rings. The average Bonchev–Trinajstić information content (AvgIpc) is 2.77. The fraction of sp³-hybridized carbons (Fsp3) is 0.812. The largest absolute Gasteiger partial charge is 0.348 e. The zero-order valence-corrected chi connectivity index (χ0v) is 14.0. The molecule has 3 nitrogen and oxygen atoms in total. The van der Waals surface area contributed by atoms with Crippen LogP contribution in [-0.4, -0.2) is 18.1 Å². The van der Waals surface area contributed by atoms with E-state index >= 15 is 0 Å². The fourth-order valence-electron chi connectivity index (χ4n) is 2.98. The Balaban J connectivity index is 2.14. The summed E-state index contributed by atoms with van der Waals surface area (Å²) in [6, 6.07) is 0. The van der Waals surface area contributed by atoms with E-state index in [1.807, 2.05) is 11.3 Å². The molecule has 20 heavy (non-hydrogen) atoms. The molecule has 0 radical (unpaired) electrons. The fourth-order valence-corrected chi connectivity index (χ4v) is 4.09. The molecule has 114 valence electrons. The van der Waals surface area contributed by atoms with E-state index in [9.17, 15) is 0 Å². The Morgan fingerprint density at radius 1 is 1.35 bits per heavy atom. The molecule has 4 heteroatoms. The molecule has 1 fully saturated rings. The van der Waals surface area contributed by atoms with E-state index in [4.69, 9.17) is 10.7 Å². The van der Waals surface area contributed by atoms with E-state index in [1.54, 1.807) is 0 Å². The van der Waals surface area contributed by atoms with Crippen LogP contribution in [0.15, 0.2) is 0 Å². The van der Waals surface area contributed by atoms with Gasteiger partial charge in [-0.15, -0.1) is 11.3 Å². The second-order valence-corrected chi connectivity index (χ2v) is 7.07. The summed E-state index contributed by atoms with van der Waals surface area (Å²) in [5, 5.41) is 1.21. The predicted molar refractivity (Wildman–Crippen MR) is 88.6 cm³/mol. The normalized spacial score (nSPS) is 21.8. The number of thiazole rings is 1. The molecule has 2 rings (SSSR count). The van der Waals surface area contributed by atoms with Gasteiger partial charge in [0.15, 0.2) is 5.13 Å². The average molecular weight is 295 g/mol. The Hall–Kier alpha value is -0.610. The van der Waals surface area contributed by atoms with E-state index in [2.05, 4.69) is 25.7 Å². The summed E-state index contributed by atoms with van der Waals surface area (Å²) in [7, 11) is 0. The van der Waals surface area contributed by atoms with E-state index in [1.165, 1.54) is 41.4 Å². The molecule has 2 N–H and O–H groups in total. The van der Waals surface area contributed by atoms with Crippen molar-refractivity contribution in [3.8, 4) is 0 Å². The minimum atomic E-state index is 0.522. The van der Waals surface area contributed by atoms with Gasteiger partial charge in [-0.3, -0.25) is 0 Å². The van der Waals surface area contributed by atoms with Crippen molar-refractivity contribution in [2.45, 2.75) is 65.3 Å². The lowest BCUT2D eigenvalue weighted by molar-refractivity contribution is 0.459. The van der Waals surface area contributed by atoms with Gasteiger partial charge in [-0.05, 0) is 37.5 Å². The predicted octanol–water partition coefficient (Wildman–Crippen LogP) is 4.13. The number of aromatic nitrogens is 1. The summed E-state index contributed by atoms with van der Waals surface area (Å²) in [6.07, 6.45) is 6.44. The molecule has 1 aliphatic heterocycles. The van der Waals surface area contributed by atoms with Crippen molar-refractivity contribution in [3.63, 3.8) is 0 Å². The molecule has 0 aliphatic carbocycles. The number of hydrogen-bond donors (Lipinski definition) is 1. The molecule has 2 unspecified atom stereocenters. The zero-order chi connectivity index (χ0) is 14.5. The first-order chi connectivity index (χ1) is 9.69. The van der Waals surface area contributed by atoms with Crippen molar-refractivity contribution in [2.24, 2.45) is 11.7 Å². The molecule has 0 amide bonds. The molecule has 1 aliphatic rings. The van der Waals surface area contributed by atoms with Crippen LogP contribution >= 0.6 is 11.3 Å². The molecule has 2 atom stereocenters. The summed E-state index contributed by atoms with van der Waals surface area (Å²) in [5.74, 6) is 1.43. The van der Waals surface area contributed by atoms with Crippen molar-refractivity contribution >= 4 is 16.5 Å². The lowest BCUT2D eigenvalue weighted by atomic mass is 9.98. The van der Waals surface area contributed by atoms with Gasteiger partial charge in [-0.2, -0.15) is 0 Å². The molecule has 2 heterocycles. The molecule has 0 bridgehead atoms. The van der Waals surface area contributed by atoms with Crippen molar-refractivity contribution in [1.29, 1.82) is 0 Å². The van der Waals surface area contributed by atoms with Gasteiger partial charge in [-0.25, -0.2) is 4.98 Å². The van der Waals surface area contributed by atoms with Gasteiger partial charge in [0.1, 0.15) is 0 Å². The molecular weight excluding hydrogens is 266 g/mol. The highest BCUT2D eigenvalue weighted by Crippen LogP contribution is 2.33. The van der Waals surface area contributed by atoms with Gasteiger partial charge in [0.05, 0.1) is 5.69 Å². The maximum absolute atomic E-state index is 5.91. The molecule has 0 spiro atoms. The highest BCUT2D eigenvalue weighted by molar-refractivity contribution is 7.15. The van der Waals surface area contributed by atoms with Crippen LogP contribution in [0.3, 0.4) is 0 Å². The van der Waals surface area contributed by atoms with Crippen LogP contribution < -0.4 is 10.6 Å². The first kappa shape index (κ1) is 15.8. The summed E-state index contributed by atoms with van der Waals surface area (Å²) < 4.78 is 0. The number of hydrogen-bond acceptors (Lipinski definition) is 4. The second-order valence-electron chi connectivity index (χ2n) is 6.01. The van der Waals surface area contributed by atoms with Crippen LogP contribution in [0, 0.1) is 5.92 Å². The Bertz CT molecular complexity index is 416. The summed E-state index contributed by atoms with van der Waals surface area (Å²) >= 11 is 1.82.